The topological polar surface area (TPSA) is 93.7 Å². The Morgan fingerprint density at radius 2 is 1.34 bits per heavy atom. The number of halogens is 1. The van der Waals surface area contributed by atoms with Gasteiger partial charge in [0.1, 0.15) is 30.1 Å². The van der Waals surface area contributed by atoms with E-state index in [-0.39, 0.29) is 19.4 Å². The van der Waals surface area contributed by atoms with Crippen LogP contribution in [0, 0.1) is 5.82 Å². The van der Waals surface area contributed by atoms with E-state index in [0.29, 0.717) is 5.56 Å². The van der Waals surface area contributed by atoms with E-state index in [1.54, 1.807) is 26.8 Å². The second-order valence-electron chi connectivity index (χ2n) is 9.88. The highest BCUT2D eigenvalue weighted by Crippen LogP contribution is 2.13. The SMILES string of the molecule is CC(C)(C)OC(=O)[C@H](Cc1cccc(F)c1)NC(=O)[C@H](Cc1ccccc1)NC(=O)OCc1ccccc1. The van der Waals surface area contributed by atoms with Gasteiger partial charge in [-0.15, -0.1) is 0 Å². The molecule has 0 saturated carbocycles. The molecule has 0 spiro atoms. The molecule has 3 aromatic carbocycles. The fourth-order valence-corrected chi connectivity index (χ4v) is 3.70. The van der Waals surface area contributed by atoms with Crippen LogP contribution in [-0.4, -0.2) is 35.7 Å². The predicted octanol–water partition coefficient (Wildman–Crippen LogP) is 4.73. The van der Waals surface area contributed by atoms with Crippen LogP contribution in [0.15, 0.2) is 84.9 Å². The fourth-order valence-electron chi connectivity index (χ4n) is 3.70. The summed E-state index contributed by atoms with van der Waals surface area (Å²) in [6, 6.07) is 21.9. The molecule has 0 bridgehead atoms. The molecule has 0 aliphatic rings. The van der Waals surface area contributed by atoms with Crippen LogP contribution in [0.25, 0.3) is 0 Å². The van der Waals surface area contributed by atoms with Crippen LogP contribution in [0.3, 0.4) is 0 Å². The van der Waals surface area contributed by atoms with E-state index < -0.39 is 41.5 Å². The van der Waals surface area contributed by atoms with Crippen LogP contribution in [0.1, 0.15) is 37.5 Å². The Bertz CT molecular complexity index is 1210. The fraction of sp³-hybridized carbons (Fsp3) is 0.300. The lowest BCUT2D eigenvalue weighted by Crippen LogP contribution is -2.54. The summed E-state index contributed by atoms with van der Waals surface area (Å²) in [7, 11) is 0. The molecule has 7 nitrogen and oxygen atoms in total. The molecule has 0 saturated heterocycles. The van der Waals surface area contributed by atoms with Crippen molar-refractivity contribution in [2.45, 2.75) is 57.9 Å². The van der Waals surface area contributed by atoms with Gasteiger partial charge in [-0.3, -0.25) is 4.79 Å². The maximum atomic E-state index is 13.8. The molecule has 3 rings (SSSR count). The number of hydrogen-bond acceptors (Lipinski definition) is 5. The molecular weight excluding hydrogens is 487 g/mol. The largest absolute Gasteiger partial charge is 0.458 e. The number of amides is 2. The number of rotatable bonds is 10. The Morgan fingerprint density at radius 3 is 1.95 bits per heavy atom. The summed E-state index contributed by atoms with van der Waals surface area (Å²) in [5, 5.41) is 5.32. The van der Waals surface area contributed by atoms with Gasteiger partial charge < -0.3 is 20.1 Å². The number of hydrogen-bond donors (Lipinski definition) is 2. The average Bonchev–Trinajstić information content (AvgIpc) is 2.87. The zero-order chi connectivity index (χ0) is 27.5. The number of carbonyl (C=O) groups is 3. The maximum absolute atomic E-state index is 13.8. The molecule has 0 unspecified atom stereocenters. The Morgan fingerprint density at radius 1 is 0.763 bits per heavy atom. The Kier molecular flexibility index (Phi) is 9.99. The van der Waals surface area contributed by atoms with Crippen molar-refractivity contribution in [3.8, 4) is 0 Å². The third-order valence-corrected chi connectivity index (χ3v) is 5.44. The summed E-state index contributed by atoms with van der Waals surface area (Å²) in [6.07, 6.45) is -0.605. The predicted molar refractivity (Wildman–Crippen MR) is 142 cm³/mol. The minimum Gasteiger partial charge on any atom is -0.458 e. The highest BCUT2D eigenvalue weighted by Gasteiger charge is 2.30. The van der Waals surface area contributed by atoms with E-state index in [4.69, 9.17) is 9.47 Å². The van der Waals surface area contributed by atoms with E-state index in [1.807, 2.05) is 60.7 Å². The van der Waals surface area contributed by atoms with Crippen molar-refractivity contribution in [1.29, 1.82) is 0 Å². The lowest BCUT2D eigenvalue weighted by Gasteiger charge is -2.26. The number of alkyl carbamates (subject to hydrolysis) is 1. The summed E-state index contributed by atoms with van der Waals surface area (Å²) in [5.41, 5.74) is 1.31. The van der Waals surface area contributed by atoms with Crippen LogP contribution in [0.4, 0.5) is 9.18 Å². The van der Waals surface area contributed by atoms with Gasteiger partial charge in [0.25, 0.3) is 0 Å². The van der Waals surface area contributed by atoms with Gasteiger partial charge >= 0.3 is 12.1 Å². The lowest BCUT2D eigenvalue weighted by atomic mass is 10.0. The molecule has 0 heterocycles. The lowest BCUT2D eigenvalue weighted by molar-refractivity contribution is -0.158. The summed E-state index contributed by atoms with van der Waals surface area (Å²) >= 11 is 0. The zero-order valence-corrected chi connectivity index (χ0v) is 21.8. The summed E-state index contributed by atoms with van der Waals surface area (Å²) in [5.74, 6) is -1.72. The number of benzene rings is 3. The van der Waals surface area contributed by atoms with Crippen LogP contribution < -0.4 is 10.6 Å². The number of carbonyl (C=O) groups excluding carboxylic acids is 3. The van der Waals surface area contributed by atoms with Crippen LogP contribution in [-0.2, 0) is 38.5 Å². The Labute approximate surface area is 222 Å². The molecule has 2 N–H and O–H groups in total. The second kappa shape index (κ2) is 13.4. The Hall–Kier alpha value is -4.20. The molecule has 0 aliphatic heterocycles. The first-order valence-electron chi connectivity index (χ1n) is 12.4. The number of esters is 1. The first-order chi connectivity index (χ1) is 18.1. The third-order valence-electron chi connectivity index (χ3n) is 5.44. The number of ether oxygens (including phenoxy) is 2. The highest BCUT2D eigenvalue weighted by atomic mass is 19.1. The van der Waals surface area contributed by atoms with Gasteiger partial charge in [0.05, 0.1) is 0 Å². The van der Waals surface area contributed by atoms with Gasteiger partial charge in [0.15, 0.2) is 0 Å². The van der Waals surface area contributed by atoms with E-state index in [9.17, 15) is 18.8 Å². The summed E-state index contributed by atoms with van der Waals surface area (Å²) in [4.78, 5) is 39.0. The monoisotopic (exact) mass is 520 g/mol. The van der Waals surface area contributed by atoms with Gasteiger partial charge in [-0.1, -0.05) is 72.8 Å². The molecule has 38 heavy (non-hydrogen) atoms. The van der Waals surface area contributed by atoms with Gasteiger partial charge in [0.2, 0.25) is 5.91 Å². The zero-order valence-electron chi connectivity index (χ0n) is 21.8. The van der Waals surface area contributed by atoms with Crippen molar-refractivity contribution < 1.29 is 28.2 Å². The van der Waals surface area contributed by atoms with Crippen molar-refractivity contribution in [1.82, 2.24) is 10.6 Å². The highest BCUT2D eigenvalue weighted by molar-refractivity contribution is 5.90. The van der Waals surface area contributed by atoms with Gasteiger partial charge in [-0.25, -0.2) is 14.0 Å². The molecule has 2 amide bonds. The summed E-state index contributed by atoms with van der Waals surface area (Å²) in [6.45, 7) is 5.18. The minimum absolute atomic E-state index is 0.00885. The standard InChI is InChI=1S/C30H33FN2O5/c1-30(2,3)38-28(35)26(19-23-15-10-16-24(31)17-23)32-27(34)25(18-21-11-6-4-7-12-21)33-29(36)37-20-22-13-8-5-9-14-22/h4-17,25-26H,18-20H2,1-3H3,(H,32,34)(H,33,36)/t25-,26-/m0/s1. The molecular formula is C30H33FN2O5. The van der Waals surface area contributed by atoms with Crippen LogP contribution in [0.5, 0.6) is 0 Å². The summed E-state index contributed by atoms with van der Waals surface area (Å²) < 4.78 is 24.6. The van der Waals surface area contributed by atoms with E-state index in [0.717, 1.165) is 11.1 Å². The van der Waals surface area contributed by atoms with Crippen molar-refractivity contribution in [3.63, 3.8) is 0 Å². The maximum Gasteiger partial charge on any atom is 0.408 e. The van der Waals surface area contributed by atoms with Gasteiger partial charge in [-0.05, 0) is 49.6 Å². The number of nitrogens with one attached hydrogen (secondary N) is 2. The minimum atomic E-state index is -1.11. The molecule has 8 heteroatoms. The van der Waals surface area contributed by atoms with Crippen molar-refractivity contribution in [3.05, 3.63) is 107 Å². The molecule has 0 aromatic heterocycles. The van der Waals surface area contributed by atoms with Crippen LogP contribution >= 0.6 is 0 Å². The van der Waals surface area contributed by atoms with Crippen molar-refractivity contribution >= 4 is 18.0 Å². The molecule has 0 fully saturated rings. The van der Waals surface area contributed by atoms with Gasteiger partial charge in [0, 0.05) is 12.8 Å². The van der Waals surface area contributed by atoms with E-state index >= 15 is 0 Å². The van der Waals surface area contributed by atoms with Crippen LogP contribution in [0.2, 0.25) is 0 Å². The van der Waals surface area contributed by atoms with Crippen molar-refractivity contribution in [2.75, 3.05) is 0 Å². The first-order valence-corrected chi connectivity index (χ1v) is 12.4. The van der Waals surface area contributed by atoms with E-state index in [1.165, 1.54) is 18.2 Å². The third kappa shape index (κ3) is 9.69. The molecule has 3 aromatic rings. The van der Waals surface area contributed by atoms with Crippen molar-refractivity contribution in [2.24, 2.45) is 0 Å². The smallest absolute Gasteiger partial charge is 0.408 e. The average molecular weight is 521 g/mol. The molecule has 2 atom stereocenters. The second-order valence-corrected chi connectivity index (χ2v) is 9.88. The Balaban J connectivity index is 1.77. The quantitative estimate of drug-likeness (QED) is 0.377. The van der Waals surface area contributed by atoms with E-state index in [2.05, 4.69) is 10.6 Å². The van der Waals surface area contributed by atoms with Gasteiger partial charge in [-0.2, -0.15) is 0 Å². The molecule has 0 radical (unpaired) electrons. The normalized spacial score (nSPS) is 12.6. The molecule has 0 aliphatic carbocycles. The molecule has 200 valence electrons. The first kappa shape index (κ1) is 28.4.